The van der Waals surface area contributed by atoms with Crippen molar-refractivity contribution in [1.29, 1.82) is 0 Å². The quantitative estimate of drug-likeness (QED) is 0.718. The third kappa shape index (κ3) is 3.52. The fraction of sp³-hybridized carbons (Fsp3) is 0.762. The predicted octanol–water partition coefficient (Wildman–Crippen LogP) is 1.11. The number of hydrogen-bond donors (Lipinski definition) is 2. The number of amides is 1. The van der Waals surface area contributed by atoms with Crippen molar-refractivity contribution in [1.82, 2.24) is 14.9 Å². The molecule has 1 atom stereocenters. The molecule has 2 saturated heterocycles. The highest BCUT2D eigenvalue weighted by Crippen LogP contribution is 2.44. The molecule has 166 valence electrons. The molecule has 2 aliphatic carbocycles. The zero-order valence-corrected chi connectivity index (χ0v) is 18.3. The topological polar surface area (TPSA) is 105 Å². The lowest BCUT2D eigenvalue weighted by Gasteiger charge is -2.43. The zero-order chi connectivity index (χ0) is 20.1. The highest BCUT2D eigenvalue weighted by Gasteiger charge is 2.48. The normalized spacial score (nSPS) is 27.8. The van der Waals surface area contributed by atoms with Crippen molar-refractivity contribution >= 4 is 24.3 Å². The second kappa shape index (κ2) is 8.13. The molecular formula is C21H32ClN5O3. The minimum Gasteiger partial charge on any atom is -0.378 e. The number of carbonyl (C=O) groups excluding carboxylic acids is 1. The number of morpholine rings is 1. The number of aromatic amines is 1. The van der Waals surface area contributed by atoms with Crippen LogP contribution in [0, 0.1) is 0 Å². The van der Waals surface area contributed by atoms with Gasteiger partial charge in [-0.1, -0.05) is 12.8 Å². The average molecular weight is 438 g/mol. The van der Waals surface area contributed by atoms with Crippen molar-refractivity contribution in [3.05, 3.63) is 21.6 Å². The maximum Gasteiger partial charge on any atom is 0.255 e. The average Bonchev–Trinajstić information content (AvgIpc) is 3.34. The van der Waals surface area contributed by atoms with E-state index >= 15 is 0 Å². The standard InChI is InChI=1S/C21H31N5O3.ClH/c22-21(6-1-2-7-21)18(28)26-9-3-5-20(14-26)8-4-15-16(20)23-19(24-17(15)27)25-10-12-29-13-11-25;/h1-14,22H2,(H,23,24,27);1H. The monoisotopic (exact) mass is 437 g/mol. The van der Waals surface area contributed by atoms with E-state index in [0.29, 0.717) is 25.7 Å². The van der Waals surface area contributed by atoms with Crippen LogP contribution in [-0.4, -0.2) is 65.7 Å². The van der Waals surface area contributed by atoms with Gasteiger partial charge in [0.15, 0.2) is 0 Å². The first-order valence-corrected chi connectivity index (χ1v) is 11.1. The van der Waals surface area contributed by atoms with E-state index in [9.17, 15) is 9.59 Å². The summed E-state index contributed by atoms with van der Waals surface area (Å²) in [7, 11) is 0. The Morgan fingerprint density at radius 3 is 2.53 bits per heavy atom. The Bertz CT molecular complexity index is 863. The van der Waals surface area contributed by atoms with Gasteiger partial charge >= 0.3 is 0 Å². The molecule has 1 aromatic rings. The van der Waals surface area contributed by atoms with Crippen LogP contribution in [0.3, 0.4) is 0 Å². The highest BCUT2D eigenvalue weighted by atomic mass is 35.5. The van der Waals surface area contributed by atoms with Crippen LogP contribution in [0.4, 0.5) is 5.95 Å². The van der Waals surface area contributed by atoms with E-state index in [0.717, 1.165) is 82.3 Å². The van der Waals surface area contributed by atoms with Crippen LogP contribution >= 0.6 is 12.4 Å². The second-order valence-corrected chi connectivity index (χ2v) is 9.29. The lowest BCUT2D eigenvalue weighted by molar-refractivity contribution is -0.139. The number of piperidine rings is 1. The highest BCUT2D eigenvalue weighted by molar-refractivity contribution is 5.86. The van der Waals surface area contributed by atoms with Crippen molar-refractivity contribution in [3.63, 3.8) is 0 Å². The van der Waals surface area contributed by atoms with E-state index in [1.165, 1.54) is 0 Å². The molecule has 1 aromatic heterocycles. The molecule has 1 spiro atoms. The molecule has 0 aromatic carbocycles. The number of hydrogen-bond acceptors (Lipinski definition) is 6. The Kier molecular flexibility index (Phi) is 5.85. The maximum atomic E-state index is 13.2. The minimum atomic E-state index is -0.694. The van der Waals surface area contributed by atoms with E-state index < -0.39 is 5.54 Å². The number of fused-ring (bicyclic) bond motifs is 2. The van der Waals surface area contributed by atoms with Gasteiger partial charge in [0, 0.05) is 37.2 Å². The second-order valence-electron chi connectivity index (χ2n) is 9.29. The summed E-state index contributed by atoms with van der Waals surface area (Å²) < 4.78 is 5.44. The molecule has 1 amide bonds. The summed E-state index contributed by atoms with van der Waals surface area (Å²) in [4.78, 5) is 38.1. The third-order valence-corrected chi connectivity index (χ3v) is 7.46. The zero-order valence-electron chi connectivity index (χ0n) is 17.5. The van der Waals surface area contributed by atoms with E-state index in [1.807, 2.05) is 4.90 Å². The summed E-state index contributed by atoms with van der Waals surface area (Å²) in [5.41, 5.74) is 7.27. The first-order valence-electron chi connectivity index (χ1n) is 11.1. The van der Waals surface area contributed by atoms with E-state index in [1.54, 1.807) is 0 Å². The smallest absolute Gasteiger partial charge is 0.255 e. The third-order valence-electron chi connectivity index (χ3n) is 7.46. The van der Waals surface area contributed by atoms with Gasteiger partial charge in [0.25, 0.3) is 5.56 Å². The van der Waals surface area contributed by atoms with Crippen LogP contribution in [0.25, 0.3) is 0 Å². The van der Waals surface area contributed by atoms with Crippen molar-refractivity contribution in [2.45, 2.75) is 62.3 Å². The van der Waals surface area contributed by atoms with Crippen molar-refractivity contribution < 1.29 is 9.53 Å². The van der Waals surface area contributed by atoms with Gasteiger partial charge in [-0.05, 0) is 38.5 Å². The first kappa shape index (κ1) is 21.6. The number of aromatic nitrogens is 2. The lowest BCUT2D eigenvalue weighted by Crippen LogP contribution is -2.58. The van der Waals surface area contributed by atoms with Gasteiger partial charge in [0.05, 0.1) is 24.4 Å². The largest absolute Gasteiger partial charge is 0.378 e. The molecule has 1 saturated carbocycles. The molecule has 1 unspecified atom stereocenters. The summed E-state index contributed by atoms with van der Waals surface area (Å²) in [6, 6.07) is 0. The van der Waals surface area contributed by atoms with Gasteiger partial charge in [0.2, 0.25) is 11.9 Å². The molecule has 3 N–H and O–H groups in total. The van der Waals surface area contributed by atoms with Gasteiger partial charge in [0.1, 0.15) is 0 Å². The van der Waals surface area contributed by atoms with Crippen LogP contribution in [0.5, 0.6) is 0 Å². The summed E-state index contributed by atoms with van der Waals surface area (Å²) in [5, 5.41) is 0. The maximum absolute atomic E-state index is 13.2. The number of nitrogens with one attached hydrogen (secondary N) is 1. The lowest BCUT2D eigenvalue weighted by atomic mass is 9.77. The Hall–Kier alpha value is -1.64. The molecule has 4 aliphatic rings. The molecular weight excluding hydrogens is 406 g/mol. The molecule has 0 radical (unpaired) electrons. The Morgan fingerprint density at radius 2 is 1.80 bits per heavy atom. The van der Waals surface area contributed by atoms with Crippen LogP contribution < -0.4 is 16.2 Å². The minimum absolute atomic E-state index is 0. The Morgan fingerprint density at radius 1 is 1.07 bits per heavy atom. The number of likely N-dealkylation sites (tertiary alicyclic amines) is 1. The van der Waals surface area contributed by atoms with E-state index in [2.05, 4.69) is 9.88 Å². The molecule has 5 rings (SSSR count). The summed E-state index contributed by atoms with van der Waals surface area (Å²) in [5.74, 6) is 0.744. The summed E-state index contributed by atoms with van der Waals surface area (Å²) >= 11 is 0. The fourth-order valence-corrected chi connectivity index (χ4v) is 5.80. The van der Waals surface area contributed by atoms with Gasteiger partial charge in [-0.15, -0.1) is 12.4 Å². The molecule has 8 nitrogen and oxygen atoms in total. The molecule has 9 heteroatoms. The first-order chi connectivity index (χ1) is 14.0. The summed E-state index contributed by atoms with van der Waals surface area (Å²) in [6.07, 6.45) is 7.15. The fourth-order valence-electron chi connectivity index (χ4n) is 5.80. The number of carbonyl (C=O) groups is 1. The SMILES string of the molecule is Cl.NC1(C(=O)N2CCCC3(CCc4c3nc(N3CCOCC3)[nH]c4=O)C2)CCCC1. The van der Waals surface area contributed by atoms with Gasteiger partial charge < -0.3 is 20.3 Å². The molecule has 3 heterocycles. The van der Waals surface area contributed by atoms with Crippen LogP contribution in [0.15, 0.2) is 4.79 Å². The van der Waals surface area contributed by atoms with Gasteiger partial charge in [-0.3, -0.25) is 14.6 Å². The van der Waals surface area contributed by atoms with Gasteiger partial charge in [-0.25, -0.2) is 4.98 Å². The molecule has 0 bridgehead atoms. The van der Waals surface area contributed by atoms with Crippen LogP contribution in [0.2, 0.25) is 0 Å². The number of H-pyrrole nitrogens is 1. The van der Waals surface area contributed by atoms with E-state index in [4.69, 9.17) is 15.5 Å². The molecule has 30 heavy (non-hydrogen) atoms. The number of anilines is 1. The summed E-state index contributed by atoms with van der Waals surface area (Å²) in [6.45, 7) is 4.15. The predicted molar refractivity (Wildman–Crippen MR) is 116 cm³/mol. The van der Waals surface area contributed by atoms with Crippen molar-refractivity contribution in [3.8, 4) is 0 Å². The van der Waals surface area contributed by atoms with E-state index in [-0.39, 0.29) is 29.3 Å². The Balaban J connectivity index is 0.00000218. The van der Waals surface area contributed by atoms with Crippen LogP contribution in [0.1, 0.15) is 56.2 Å². The Labute approximate surface area is 183 Å². The number of nitrogens with zero attached hydrogens (tertiary/aromatic N) is 3. The number of rotatable bonds is 2. The van der Waals surface area contributed by atoms with Crippen molar-refractivity contribution in [2.24, 2.45) is 5.73 Å². The van der Waals surface area contributed by atoms with Crippen LogP contribution in [-0.2, 0) is 21.4 Å². The molecule has 3 fully saturated rings. The van der Waals surface area contributed by atoms with Crippen molar-refractivity contribution in [2.75, 3.05) is 44.3 Å². The molecule has 2 aliphatic heterocycles. The van der Waals surface area contributed by atoms with Gasteiger partial charge in [-0.2, -0.15) is 0 Å². The number of halogens is 1. The number of ether oxygens (including phenoxy) is 1. The number of nitrogens with two attached hydrogens (primary N) is 1.